The predicted molar refractivity (Wildman–Crippen MR) is 136 cm³/mol. The molecule has 0 atom stereocenters. The summed E-state index contributed by atoms with van der Waals surface area (Å²) in [7, 11) is 1.66. The summed E-state index contributed by atoms with van der Waals surface area (Å²) in [4.78, 5) is 0. The number of anilines is 1. The summed E-state index contributed by atoms with van der Waals surface area (Å²) in [6, 6.07) is 20.6. The third-order valence-corrected chi connectivity index (χ3v) is 5.85. The smallest absolute Gasteiger partial charge is 0.276 e. The molecule has 0 saturated heterocycles. The maximum atomic E-state index is 14.1. The van der Waals surface area contributed by atoms with Crippen molar-refractivity contribution in [2.24, 2.45) is 0 Å². The van der Waals surface area contributed by atoms with E-state index in [1.54, 1.807) is 19.2 Å². The number of fused-ring (bicyclic) bond motifs is 1. The van der Waals surface area contributed by atoms with Gasteiger partial charge < -0.3 is 15.4 Å². The first-order valence-corrected chi connectivity index (χ1v) is 11.2. The number of aryl methyl sites for hydroxylation is 1. The second kappa shape index (κ2) is 9.96. The van der Waals surface area contributed by atoms with Gasteiger partial charge in [0.15, 0.2) is 0 Å². The Labute approximate surface area is 199 Å². The highest BCUT2D eigenvalue weighted by Gasteiger charge is 2.29. The largest absolute Gasteiger partial charge is 0.497 e. The number of ether oxygens (including phenoxy) is 1. The first-order valence-electron chi connectivity index (χ1n) is 11.2. The van der Waals surface area contributed by atoms with Crippen molar-refractivity contribution in [3.8, 4) is 16.9 Å². The molecule has 0 radical (unpaired) electrons. The molecule has 0 saturated carbocycles. The Morgan fingerprint density at radius 1 is 1.03 bits per heavy atom. The SMILES string of the molecule is C=CCC(F)(F)c1ccc(NC(=C)NC2=CCCc3ccc(-c4cccc(OC)c4)cc32)cc1. The Kier molecular flexibility index (Phi) is 6.82. The van der Waals surface area contributed by atoms with Crippen LogP contribution in [0.3, 0.4) is 0 Å². The number of allylic oxidation sites excluding steroid dienone is 2. The molecule has 174 valence electrons. The third-order valence-electron chi connectivity index (χ3n) is 5.85. The second-order valence-electron chi connectivity index (χ2n) is 8.26. The summed E-state index contributed by atoms with van der Waals surface area (Å²) in [5, 5.41) is 6.52. The fourth-order valence-corrected chi connectivity index (χ4v) is 4.09. The summed E-state index contributed by atoms with van der Waals surface area (Å²) in [6.45, 7) is 7.49. The lowest BCUT2D eigenvalue weighted by Crippen LogP contribution is -2.20. The van der Waals surface area contributed by atoms with E-state index in [1.807, 2.05) is 18.2 Å². The van der Waals surface area contributed by atoms with E-state index >= 15 is 0 Å². The Morgan fingerprint density at radius 2 is 1.79 bits per heavy atom. The van der Waals surface area contributed by atoms with Crippen LogP contribution in [0, 0.1) is 0 Å². The summed E-state index contributed by atoms with van der Waals surface area (Å²) in [5.41, 5.74) is 6.17. The first kappa shape index (κ1) is 23.3. The van der Waals surface area contributed by atoms with Gasteiger partial charge >= 0.3 is 0 Å². The molecule has 1 aliphatic rings. The summed E-state index contributed by atoms with van der Waals surface area (Å²) in [6.07, 6.45) is 4.89. The Balaban J connectivity index is 1.49. The van der Waals surface area contributed by atoms with E-state index in [0.717, 1.165) is 41.0 Å². The van der Waals surface area contributed by atoms with Crippen molar-refractivity contribution in [2.45, 2.75) is 25.2 Å². The van der Waals surface area contributed by atoms with E-state index in [-0.39, 0.29) is 12.0 Å². The molecule has 0 spiro atoms. The molecule has 0 bridgehead atoms. The van der Waals surface area contributed by atoms with Crippen LogP contribution in [0.25, 0.3) is 16.8 Å². The average Bonchev–Trinajstić information content (AvgIpc) is 2.84. The summed E-state index contributed by atoms with van der Waals surface area (Å²) >= 11 is 0. The van der Waals surface area contributed by atoms with Crippen LogP contribution in [-0.4, -0.2) is 7.11 Å². The van der Waals surface area contributed by atoms with Gasteiger partial charge in [-0.15, -0.1) is 6.58 Å². The second-order valence-corrected chi connectivity index (χ2v) is 8.26. The van der Waals surface area contributed by atoms with Gasteiger partial charge in [0.05, 0.1) is 7.11 Å². The highest BCUT2D eigenvalue weighted by atomic mass is 19.3. The van der Waals surface area contributed by atoms with Crippen molar-refractivity contribution in [3.63, 3.8) is 0 Å². The molecular formula is C29H28F2N2O. The Morgan fingerprint density at radius 3 is 2.53 bits per heavy atom. The van der Waals surface area contributed by atoms with E-state index in [4.69, 9.17) is 4.74 Å². The number of benzene rings is 3. The van der Waals surface area contributed by atoms with Crippen molar-refractivity contribution in [3.05, 3.63) is 115 Å². The highest BCUT2D eigenvalue weighted by Crippen LogP contribution is 2.33. The standard InChI is InChI=1S/C29H28F2N2O/c1-4-17-29(30,31)24-13-15-25(16-14-24)32-20(2)33-28-10-6-7-21-11-12-23(19-27(21)28)22-8-5-9-26(18-22)34-3/h4-5,8-16,18-19,32-33H,1-2,6-7,17H2,3H3. The molecule has 4 rings (SSSR count). The lowest BCUT2D eigenvalue weighted by atomic mass is 9.91. The van der Waals surface area contributed by atoms with Crippen LogP contribution >= 0.6 is 0 Å². The molecule has 1 aliphatic carbocycles. The zero-order valence-electron chi connectivity index (χ0n) is 19.2. The molecule has 0 amide bonds. The molecule has 34 heavy (non-hydrogen) atoms. The van der Waals surface area contributed by atoms with Gasteiger partial charge in [0.2, 0.25) is 0 Å². The molecule has 5 heteroatoms. The monoisotopic (exact) mass is 458 g/mol. The molecule has 3 aromatic carbocycles. The minimum atomic E-state index is -2.92. The number of halogens is 2. The first-order chi connectivity index (χ1) is 16.4. The third kappa shape index (κ3) is 5.20. The highest BCUT2D eigenvalue weighted by molar-refractivity contribution is 5.76. The minimum Gasteiger partial charge on any atom is -0.497 e. The molecule has 0 aromatic heterocycles. The Hall–Kier alpha value is -3.86. The van der Waals surface area contributed by atoms with Crippen LogP contribution in [0.4, 0.5) is 14.5 Å². The number of methoxy groups -OCH3 is 1. The van der Waals surface area contributed by atoms with Gasteiger partial charge in [0.25, 0.3) is 5.92 Å². The molecule has 0 fully saturated rings. The van der Waals surface area contributed by atoms with Gasteiger partial charge in [-0.05, 0) is 59.9 Å². The average molecular weight is 459 g/mol. The molecule has 2 N–H and O–H groups in total. The van der Waals surface area contributed by atoms with Crippen molar-refractivity contribution < 1.29 is 13.5 Å². The van der Waals surface area contributed by atoms with Crippen LogP contribution in [-0.2, 0) is 12.3 Å². The van der Waals surface area contributed by atoms with E-state index < -0.39 is 5.92 Å². The fraction of sp³-hybridized carbons (Fsp3) is 0.172. The van der Waals surface area contributed by atoms with Crippen molar-refractivity contribution in [1.82, 2.24) is 5.32 Å². The number of hydrogen-bond donors (Lipinski definition) is 2. The van der Waals surface area contributed by atoms with Gasteiger partial charge in [0, 0.05) is 28.9 Å². The topological polar surface area (TPSA) is 33.3 Å². The molecule has 0 unspecified atom stereocenters. The van der Waals surface area contributed by atoms with Crippen LogP contribution in [0.15, 0.2) is 97.9 Å². The van der Waals surface area contributed by atoms with Crippen molar-refractivity contribution >= 4 is 11.4 Å². The Bertz CT molecular complexity index is 1230. The number of alkyl halides is 2. The maximum Gasteiger partial charge on any atom is 0.276 e. The predicted octanol–water partition coefficient (Wildman–Crippen LogP) is 7.49. The normalized spacial score (nSPS) is 12.9. The van der Waals surface area contributed by atoms with Crippen LogP contribution in [0.2, 0.25) is 0 Å². The number of rotatable bonds is 9. The van der Waals surface area contributed by atoms with Gasteiger partial charge in [-0.2, -0.15) is 0 Å². The van der Waals surface area contributed by atoms with Gasteiger partial charge in [0.1, 0.15) is 11.6 Å². The summed E-state index contributed by atoms with van der Waals surface area (Å²) < 4.78 is 33.5. The van der Waals surface area contributed by atoms with Gasteiger partial charge in [-0.3, -0.25) is 0 Å². The lowest BCUT2D eigenvalue weighted by molar-refractivity contribution is -0.000831. The summed E-state index contributed by atoms with van der Waals surface area (Å²) in [5.74, 6) is -1.54. The number of hydrogen-bond acceptors (Lipinski definition) is 3. The van der Waals surface area contributed by atoms with Crippen LogP contribution < -0.4 is 15.4 Å². The van der Waals surface area contributed by atoms with Crippen LogP contribution in [0.5, 0.6) is 5.75 Å². The van der Waals surface area contributed by atoms with Crippen LogP contribution in [0.1, 0.15) is 29.5 Å². The molecular weight excluding hydrogens is 430 g/mol. The van der Waals surface area contributed by atoms with E-state index in [0.29, 0.717) is 11.5 Å². The van der Waals surface area contributed by atoms with E-state index in [1.165, 1.54) is 23.8 Å². The molecule has 3 nitrogen and oxygen atoms in total. The molecule has 0 heterocycles. The van der Waals surface area contributed by atoms with Crippen molar-refractivity contribution in [2.75, 3.05) is 12.4 Å². The zero-order chi connectivity index (χ0) is 24.1. The minimum absolute atomic E-state index is 0.0366. The van der Waals surface area contributed by atoms with Gasteiger partial charge in [-0.1, -0.05) is 55.1 Å². The van der Waals surface area contributed by atoms with E-state index in [2.05, 4.69) is 54.1 Å². The van der Waals surface area contributed by atoms with Crippen molar-refractivity contribution in [1.29, 1.82) is 0 Å². The maximum absolute atomic E-state index is 14.1. The fourth-order valence-electron chi connectivity index (χ4n) is 4.09. The molecule has 0 aliphatic heterocycles. The lowest BCUT2D eigenvalue weighted by Gasteiger charge is -2.22. The quantitative estimate of drug-likeness (QED) is 0.326. The van der Waals surface area contributed by atoms with E-state index in [9.17, 15) is 8.78 Å². The molecule has 3 aromatic rings. The van der Waals surface area contributed by atoms with Gasteiger partial charge in [-0.25, -0.2) is 8.78 Å². The number of nitrogens with one attached hydrogen (secondary N) is 2. The zero-order valence-corrected chi connectivity index (χ0v) is 19.2.